The fourth-order valence-electron chi connectivity index (χ4n) is 2.41. The number of nitrogens with one attached hydrogen (secondary N) is 1. The van der Waals surface area contributed by atoms with E-state index < -0.39 is 25.5 Å². The third kappa shape index (κ3) is 3.53. The molecular formula is C17H14N2O5S2. The minimum Gasteiger partial charge on any atom is -0.497 e. The van der Waals surface area contributed by atoms with Gasteiger partial charge in [-0.1, -0.05) is 24.3 Å². The predicted octanol–water partition coefficient (Wildman–Crippen LogP) is 4.13. The van der Waals surface area contributed by atoms with Crippen LogP contribution in [0.15, 0.2) is 64.9 Å². The van der Waals surface area contributed by atoms with Crippen molar-refractivity contribution in [3.05, 3.63) is 70.1 Å². The predicted molar refractivity (Wildman–Crippen MR) is 100 cm³/mol. The van der Waals surface area contributed by atoms with Crippen LogP contribution in [0.2, 0.25) is 0 Å². The second kappa shape index (κ2) is 7.14. The minimum absolute atomic E-state index is 0.203. The lowest BCUT2D eigenvalue weighted by Crippen LogP contribution is -2.15. The number of thiophene rings is 1. The monoisotopic (exact) mass is 390 g/mol. The molecule has 0 radical (unpaired) electrons. The van der Waals surface area contributed by atoms with E-state index in [1.54, 1.807) is 24.3 Å². The highest BCUT2D eigenvalue weighted by atomic mass is 32.2. The van der Waals surface area contributed by atoms with E-state index in [4.69, 9.17) is 4.74 Å². The summed E-state index contributed by atoms with van der Waals surface area (Å²) < 4.78 is 33.0. The van der Waals surface area contributed by atoms with E-state index in [0.29, 0.717) is 11.3 Å². The topological polar surface area (TPSA) is 98.5 Å². The van der Waals surface area contributed by atoms with Gasteiger partial charge in [-0.25, -0.2) is 8.42 Å². The normalized spacial score (nSPS) is 11.1. The molecule has 7 nitrogen and oxygen atoms in total. The summed E-state index contributed by atoms with van der Waals surface area (Å²) in [6.45, 7) is 0. The quantitative estimate of drug-likeness (QED) is 0.504. The number of hydrogen-bond donors (Lipinski definition) is 1. The molecule has 9 heteroatoms. The Morgan fingerprint density at radius 3 is 2.54 bits per heavy atom. The summed E-state index contributed by atoms with van der Waals surface area (Å²) in [6, 6.07) is 14.2. The van der Waals surface area contributed by atoms with E-state index in [2.05, 4.69) is 4.72 Å². The first-order valence-electron chi connectivity index (χ1n) is 7.40. The van der Waals surface area contributed by atoms with Gasteiger partial charge in [-0.05, 0) is 29.6 Å². The summed E-state index contributed by atoms with van der Waals surface area (Å²) >= 11 is 1.47. The summed E-state index contributed by atoms with van der Waals surface area (Å²) in [6.07, 6.45) is 0. The Balaban J connectivity index is 2.05. The van der Waals surface area contributed by atoms with Crippen molar-refractivity contribution in [1.82, 2.24) is 0 Å². The lowest BCUT2D eigenvalue weighted by Gasteiger charge is -2.12. The number of benzene rings is 2. The van der Waals surface area contributed by atoms with Gasteiger partial charge in [-0.3, -0.25) is 14.8 Å². The molecule has 0 saturated heterocycles. The van der Waals surface area contributed by atoms with Gasteiger partial charge >= 0.3 is 0 Å². The smallest absolute Gasteiger partial charge is 0.293 e. The Morgan fingerprint density at radius 2 is 1.88 bits per heavy atom. The highest BCUT2D eigenvalue weighted by Crippen LogP contribution is 2.34. The number of anilines is 1. The average Bonchev–Trinajstić information content (AvgIpc) is 3.15. The highest BCUT2D eigenvalue weighted by Gasteiger charge is 2.27. The number of sulfonamides is 1. The number of nitrogens with zero attached hydrogens (tertiary/aromatic N) is 1. The van der Waals surface area contributed by atoms with E-state index in [0.717, 1.165) is 17.0 Å². The second-order valence-electron chi connectivity index (χ2n) is 5.22. The Kier molecular flexibility index (Phi) is 4.92. The van der Waals surface area contributed by atoms with Crippen molar-refractivity contribution in [2.45, 2.75) is 4.90 Å². The molecule has 1 heterocycles. The number of nitro benzene ring substituents is 1. The molecule has 0 atom stereocenters. The SMILES string of the molecule is COc1ccc(S(=O)(=O)Nc2ccccc2-c2cccs2)c([N+](=O)[O-])c1. The third-order valence-electron chi connectivity index (χ3n) is 3.61. The molecule has 2 aromatic carbocycles. The fourth-order valence-corrected chi connectivity index (χ4v) is 4.41. The Hall–Kier alpha value is -2.91. The van der Waals surface area contributed by atoms with Gasteiger partial charge < -0.3 is 4.74 Å². The van der Waals surface area contributed by atoms with Crippen molar-refractivity contribution in [3.63, 3.8) is 0 Å². The van der Waals surface area contributed by atoms with Gasteiger partial charge in [-0.15, -0.1) is 11.3 Å². The molecule has 0 fully saturated rings. The number of rotatable bonds is 6. The summed E-state index contributed by atoms with van der Waals surface area (Å²) in [5.74, 6) is 0.203. The zero-order chi connectivity index (χ0) is 18.7. The van der Waals surface area contributed by atoms with E-state index in [1.807, 2.05) is 17.5 Å². The fraction of sp³-hybridized carbons (Fsp3) is 0.0588. The lowest BCUT2D eigenvalue weighted by atomic mass is 10.1. The van der Waals surface area contributed by atoms with Crippen LogP contribution in [0.1, 0.15) is 0 Å². The molecule has 0 unspecified atom stereocenters. The third-order valence-corrected chi connectivity index (χ3v) is 5.93. The van der Waals surface area contributed by atoms with Crippen LogP contribution in [-0.2, 0) is 10.0 Å². The number of nitro groups is 1. The summed E-state index contributed by atoms with van der Waals surface area (Å²) in [4.78, 5) is 11.0. The summed E-state index contributed by atoms with van der Waals surface area (Å²) in [7, 11) is -2.82. The van der Waals surface area contributed by atoms with Crippen LogP contribution in [0.25, 0.3) is 10.4 Å². The van der Waals surface area contributed by atoms with Crippen LogP contribution in [-0.4, -0.2) is 20.5 Å². The number of ether oxygens (including phenoxy) is 1. The standard InChI is InChI=1S/C17H14N2O5S2/c1-24-12-8-9-17(15(11-12)19(20)21)26(22,23)18-14-6-3-2-5-13(14)16-7-4-10-25-16/h2-11,18H,1H3. The van der Waals surface area contributed by atoms with Crippen molar-refractivity contribution in [2.75, 3.05) is 11.8 Å². The average molecular weight is 390 g/mol. The molecular weight excluding hydrogens is 376 g/mol. The Morgan fingerprint density at radius 1 is 1.12 bits per heavy atom. The summed E-state index contributed by atoms with van der Waals surface area (Å²) in [5, 5.41) is 13.2. The first kappa shape index (κ1) is 17.9. The lowest BCUT2D eigenvalue weighted by molar-refractivity contribution is -0.387. The van der Waals surface area contributed by atoms with Crippen LogP contribution in [0.3, 0.4) is 0 Å². The molecule has 0 aliphatic heterocycles. The van der Waals surface area contributed by atoms with E-state index in [9.17, 15) is 18.5 Å². The maximum Gasteiger partial charge on any atom is 0.293 e. The van der Waals surface area contributed by atoms with Gasteiger partial charge in [0, 0.05) is 10.4 Å². The molecule has 1 N–H and O–H groups in total. The van der Waals surface area contributed by atoms with Gasteiger partial charge in [-0.2, -0.15) is 0 Å². The maximum absolute atomic E-state index is 12.8. The molecule has 26 heavy (non-hydrogen) atoms. The molecule has 1 aromatic heterocycles. The minimum atomic E-state index is -4.17. The molecule has 0 aliphatic carbocycles. The zero-order valence-electron chi connectivity index (χ0n) is 13.6. The largest absolute Gasteiger partial charge is 0.497 e. The van der Waals surface area contributed by atoms with Gasteiger partial charge in [0.15, 0.2) is 4.90 Å². The molecule has 0 aliphatic rings. The van der Waals surface area contributed by atoms with Crippen LogP contribution in [0.5, 0.6) is 5.75 Å². The van der Waals surface area contributed by atoms with Gasteiger partial charge in [0.25, 0.3) is 15.7 Å². The molecule has 3 aromatic rings. The van der Waals surface area contributed by atoms with Crippen LogP contribution >= 0.6 is 11.3 Å². The Labute approximate surface area is 154 Å². The van der Waals surface area contributed by atoms with Crippen LogP contribution < -0.4 is 9.46 Å². The molecule has 0 amide bonds. The molecule has 3 rings (SSSR count). The van der Waals surface area contributed by atoms with Gasteiger partial charge in [0.1, 0.15) is 5.75 Å². The van der Waals surface area contributed by atoms with Crippen molar-refractivity contribution in [2.24, 2.45) is 0 Å². The summed E-state index contributed by atoms with van der Waals surface area (Å²) in [5.41, 5.74) is 0.493. The second-order valence-corrected chi connectivity index (χ2v) is 7.82. The molecule has 0 bridgehead atoms. The van der Waals surface area contributed by atoms with E-state index in [1.165, 1.54) is 24.5 Å². The maximum atomic E-state index is 12.8. The first-order chi connectivity index (χ1) is 12.4. The molecule has 0 saturated carbocycles. The van der Waals surface area contributed by atoms with Crippen molar-refractivity contribution in [3.8, 4) is 16.2 Å². The van der Waals surface area contributed by atoms with Crippen molar-refractivity contribution < 1.29 is 18.1 Å². The van der Waals surface area contributed by atoms with E-state index in [-0.39, 0.29) is 5.75 Å². The highest BCUT2D eigenvalue weighted by molar-refractivity contribution is 7.92. The van der Waals surface area contributed by atoms with E-state index >= 15 is 0 Å². The van der Waals surface area contributed by atoms with Gasteiger partial charge in [0.05, 0.1) is 23.8 Å². The number of methoxy groups -OCH3 is 1. The number of para-hydroxylation sites is 1. The van der Waals surface area contributed by atoms with Crippen molar-refractivity contribution in [1.29, 1.82) is 0 Å². The van der Waals surface area contributed by atoms with Crippen LogP contribution in [0, 0.1) is 10.1 Å². The number of hydrogen-bond acceptors (Lipinski definition) is 6. The zero-order valence-corrected chi connectivity index (χ0v) is 15.2. The molecule has 134 valence electrons. The first-order valence-corrected chi connectivity index (χ1v) is 9.77. The molecule has 0 spiro atoms. The van der Waals surface area contributed by atoms with Crippen LogP contribution in [0.4, 0.5) is 11.4 Å². The van der Waals surface area contributed by atoms with Gasteiger partial charge in [0.2, 0.25) is 0 Å². The van der Waals surface area contributed by atoms with Crippen molar-refractivity contribution >= 4 is 32.7 Å². The Bertz CT molecular complexity index is 1050.